The van der Waals surface area contributed by atoms with Crippen molar-refractivity contribution in [2.75, 3.05) is 13.1 Å². The zero-order chi connectivity index (χ0) is 17.5. The van der Waals surface area contributed by atoms with Crippen LogP contribution in [0.3, 0.4) is 0 Å². The van der Waals surface area contributed by atoms with Gasteiger partial charge in [0.15, 0.2) is 5.96 Å². The molecule has 24 heavy (non-hydrogen) atoms. The van der Waals surface area contributed by atoms with E-state index in [9.17, 15) is 0 Å². The van der Waals surface area contributed by atoms with Gasteiger partial charge in [0.2, 0.25) is 0 Å². The average molecular weight is 331 g/mol. The maximum atomic E-state index is 4.63. The predicted octanol–water partition coefficient (Wildman–Crippen LogP) is 1.42. The standard InChI is InChI=1S/C17H29N7/c1-6-18-17(19-9-11-24-10-7-8-20-24)21-13(2)12-16-14(3)22-23(5)15(16)4/h7-8,10,13H,6,9,11-12H2,1-5H3,(H2,18,19,21). The van der Waals surface area contributed by atoms with Crippen LogP contribution in [0.4, 0.5) is 0 Å². The third-order valence-electron chi connectivity index (χ3n) is 4.05. The molecule has 0 aliphatic heterocycles. The van der Waals surface area contributed by atoms with Gasteiger partial charge in [-0.15, -0.1) is 0 Å². The van der Waals surface area contributed by atoms with Crippen LogP contribution in [0, 0.1) is 13.8 Å². The summed E-state index contributed by atoms with van der Waals surface area (Å²) in [6, 6.07) is 2.20. The summed E-state index contributed by atoms with van der Waals surface area (Å²) in [5.74, 6) is 0.844. The van der Waals surface area contributed by atoms with E-state index in [4.69, 9.17) is 0 Å². The first-order valence-corrected chi connectivity index (χ1v) is 8.52. The van der Waals surface area contributed by atoms with E-state index in [0.717, 1.165) is 31.2 Å². The van der Waals surface area contributed by atoms with Crippen molar-refractivity contribution in [3.05, 3.63) is 35.4 Å². The minimum absolute atomic E-state index is 0.272. The Hall–Kier alpha value is -2.31. The summed E-state index contributed by atoms with van der Waals surface area (Å²) in [5, 5.41) is 15.5. The molecule has 1 unspecified atom stereocenters. The Balaban J connectivity index is 1.93. The van der Waals surface area contributed by atoms with Crippen LogP contribution in [-0.4, -0.2) is 44.7 Å². The molecule has 0 bridgehead atoms. The second-order valence-electron chi connectivity index (χ2n) is 6.05. The number of nitrogens with one attached hydrogen (secondary N) is 2. The van der Waals surface area contributed by atoms with Gasteiger partial charge in [-0.1, -0.05) is 0 Å². The van der Waals surface area contributed by atoms with E-state index in [1.54, 1.807) is 6.20 Å². The molecular weight excluding hydrogens is 302 g/mol. The first-order valence-electron chi connectivity index (χ1n) is 8.52. The molecule has 0 amide bonds. The Morgan fingerprint density at radius 3 is 2.75 bits per heavy atom. The molecule has 132 valence electrons. The topological polar surface area (TPSA) is 72.1 Å². The molecule has 0 aromatic carbocycles. The van der Waals surface area contributed by atoms with Crippen LogP contribution in [0.2, 0.25) is 0 Å². The van der Waals surface area contributed by atoms with Crippen LogP contribution in [0.15, 0.2) is 23.5 Å². The summed E-state index contributed by atoms with van der Waals surface area (Å²) in [4.78, 5) is 4.63. The molecule has 0 aliphatic rings. The Bertz CT molecular complexity index is 655. The van der Waals surface area contributed by atoms with Gasteiger partial charge in [-0.05, 0) is 45.7 Å². The Labute approximate surface area is 144 Å². The predicted molar refractivity (Wildman–Crippen MR) is 97.2 cm³/mol. The number of aromatic nitrogens is 4. The van der Waals surface area contributed by atoms with Crippen molar-refractivity contribution in [1.29, 1.82) is 0 Å². The van der Waals surface area contributed by atoms with Crippen LogP contribution < -0.4 is 10.6 Å². The molecule has 0 fully saturated rings. The van der Waals surface area contributed by atoms with Crippen molar-refractivity contribution in [3.8, 4) is 0 Å². The van der Waals surface area contributed by atoms with E-state index in [2.05, 4.69) is 53.5 Å². The third-order valence-corrected chi connectivity index (χ3v) is 4.05. The van der Waals surface area contributed by atoms with Crippen molar-refractivity contribution in [2.24, 2.45) is 12.0 Å². The molecule has 2 aromatic rings. The number of aryl methyl sites for hydroxylation is 2. The first kappa shape index (κ1) is 18.0. The second kappa shape index (κ2) is 8.52. The molecule has 7 heteroatoms. The smallest absolute Gasteiger partial charge is 0.191 e. The molecule has 2 N–H and O–H groups in total. The van der Waals surface area contributed by atoms with Crippen LogP contribution >= 0.6 is 0 Å². The van der Waals surface area contributed by atoms with Crippen molar-refractivity contribution < 1.29 is 0 Å². The molecular formula is C17H29N7. The lowest BCUT2D eigenvalue weighted by Gasteiger charge is -2.18. The van der Waals surface area contributed by atoms with Gasteiger partial charge in [0, 0.05) is 37.7 Å². The van der Waals surface area contributed by atoms with Crippen LogP contribution in [0.1, 0.15) is 30.8 Å². The zero-order valence-corrected chi connectivity index (χ0v) is 15.4. The Morgan fingerprint density at radius 1 is 1.38 bits per heavy atom. The quantitative estimate of drug-likeness (QED) is 0.594. The summed E-state index contributed by atoms with van der Waals surface area (Å²) in [6.45, 7) is 10.7. The third kappa shape index (κ3) is 4.84. The van der Waals surface area contributed by atoms with E-state index in [-0.39, 0.29) is 6.04 Å². The molecule has 0 saturated carbocycles. The van der Waals surface area contributed by atoms with E-state index in [1.165, 1.54) is 11.3 Å². The SMILES string of the molecule is CCNC(=NCCn1cccn1)NC(C)Cc1c(C)nn(C)c1C. The highest BCUT2D eigenvalue weighted by molar-refractivity contribution is 5.80. The van der Waals surface area contributed by atoms with Gasteiger partial charge in [-0.3, -0.25) is 14.4 Å². The van der Waals surface area contributed by atoms with Gasteiger partial charge in [0.1, 0.15) is 0 Å². The Morgan fingerprint density at radius 2 is 2.17 bits per heavy atom. The zero-order valence-electron chi connectivity index (χ0n) is 15.4. The van der Waals surface area contributed by atoms with Gasteiger partial charge in [-0.2, -0.15) is 10.2 Å². The fourth-order valence-electron chi connectivity index (χ4n) is 2.72. The summed E-state index contributed by atoms with van der Waals surface area (Å²) < 4.78 is 3.83. The van der Waals surface area contributed by atoms with E-state index in [0.29, 0.717) is 6.54 Å². The lowest BCUT2D eigenvalue weighted by atomic mass is 10.1. The fourth-order valence-corrected chi connectivity index (χ4v) is 2.72. The van der Waals surface area contributed by atoms with Gasteiger partial charge in [0.25, 0.3) is 0 Å². The number of aliphatic imine (C=N–C) groups is 1. The number of hydrogen-bond acceptors (Lipinski definition) is 3. The van der Waals surface area contributed by atoms with E-state index in [1.807, 2.05) is 28.7 Å². The highest BCUT2D eigenvalue weighted by atomic mass is 15.3. The highest BCUT2D eigenvalue weighted by Gasteiger charge is 2.13. The summed E-state index contributed by atoms with van der Waals surface area (Å²) in [7, 11) is 1.99. The minimum atomic E-state index is 0.272. The van der Waals surface area contributed by atoms with Gasteiger partial charge >= 0.3 is 0 Å². The van der Waals surface area contributed by atoms with E-state index < -0.39 is 0 Å². The van der Waals surface area contributed by atoms with Crippen molar-refractivity contribution in [3.63, 3.8) is 0 Å². The highest BCUT2D eigenvalue weighted by Crippen LogP contribution is 2.14. The molecule has 0 radical (unpaired) electrons. The summed E-state index contributed by atoms with van der Waals surface area (Å²) in [6.07, 6.45) is 4.66. The van der Waals surface area contributed by atoms with Gasteiger partial charge in [-0.25, -0.2) is 0 Å². The normalized spacial score (nSPS) is 13.1. The van der Waals surface area contributed by atoms with Gasteiger partial charge in [0.05, 0.1) is 18.8 Å². The number of hydrogen-bond donors (Lipinski definition) is 2. The number of rotatable bonds is 7. The van der Waals surface area contributed by atoms with Crippen LogP contribution in [-0.2, 0) is 20.0 Å². The molecule has 7 nitrogen and oxygen atoms in total. The maximum Gasteiger partial charge on any atom is 0.191 e. The number of nitrogens with zero attached hydrogens (tertiary/aromatic N) is 5. The molecule has 0 aliphatic carbocycles. The van der Waals surface area contributed by atoms with Gasteiger partial charge < -0.3 is 10.6 Å². The van der Waals surface area contributed by atoms with Crippen LogP contribution in [0.25, 0.3) is 0 Å². The molecule has 2 heterocycles. The molecule has 1 atom stereocenters. The van der Waals surface area contributed by atoms with Crippen molar-refractivity contribution >= 4 is 5.96 Å². The Kier molecular flexibility index (Phi) is 6.40. The minimum Gasteiger partial charge on any atom is -0.357 e. The average Bonchev–Trinajstić information content (AvgIpc) is 3.12. The maximum absolute atomic E-state index is 4.63. The molecule has 0 spiro atoms. The fraction of sp³-hybridized carbons (Fsp3) is 0.588. The van der Waals surface area contributed by atoms with Crippen molar-refractivity contribution in [1.82, 2.24) is 30.2 Å². The van der Waals surface area contributed by atoms with Crippen molar-refractivity contribution in [2.45, 2.75) is 46.7 Å². The lowest BCUT2D eigenvalue weighted by molar-refractivity contribution is 0.610. The van der Waals surface area contributed by atoms with Crippen LogP contribution in [0.5, 0.6) is 0 Å². The summed E-state index contributed by atoms with van der Waals surface area (Å²) >= 11 is 0. The monoisotopic (exact) mass is 331 g/mol. The molecule has 2 rings (SSSR count). The summed E-state index contributed by atoms with van der Waals surface area (Å²) in [5.41, 5.74) is 3.64. The largest absolute Gasteiger partial charge is 0.357 e. The lowest BCUT2D eigenvalue weighted by Crippen LogP contribution is -2.43. The first-order chi connectivity index (χ1) is 11.5. The number of guanidine groups is 1. The second-order valence-corrected chi connectivity index (χ2v) is 6.05. The molecule has 0 saturated heterocycles. The molecule has 2 aromatic heterocycles. The van der Waals surface area contributed by atoms with E-state index >= 15 is 0 Å².